The highest BCUT2D eigenvalue weighted by atomic mass is 35.5. The summed E-state index contributed by atoms with van der Waals surface area (Å²) in [6, 6.07) is 6.31. The van der Waals surface area contributed by atoms with Crippen LogP contribution in [0.4, 0.5) is 0 Å². The number of halogens is 1. The fourth-order valence-electron chi connectivity index (χ4n) is 1.58. The molecule has 0 radical (unpaired) electrons. The molecule has 1 aliphatic rings. The first kappa shape index (κ1) is 10.3. The van der Waals surface area contributed by atoms with Crippen molar-refractivity contribution in [3.63, 3.8) is 0 Å². The van der Waals surface area contributed by atoms with Crippen LogP contribution in [0.3, 0.4) is 0 Å². The maximum atomic E-state index is 6.14. The number of hydrogen-bond acceptors (Lipinski definition) is 2. The number of ether oxygens (including phenoxy) is 1. The molecule has 1 aromatic carbocycles. The predicted octanol–water partition coefficient (Wildman–Crippen LogP) is 3.32. The van der Waals surface area contributed by atoms with E-state index in [1.807, 2.05) is 17.8 Å². The Bertz CT molecular complexity index is 323. The van der Waals surface area contributed by atoms with Gasteiger partial charge in [-0.05, 0) is 23.4 Å². The number of hydrogen-bond donors (Lipinski definition) is 0. The minimum Gasteiger partial charge on any atom is -0.380 e. The molecule has 0 atom stereocenters. The van der Waals surface area contributed by atoms with Crippen LogP contribution in [0.5, 0.6) is 0 Å². The molecule has 3 heteroatoms. The maximum Gasteiger partial charge on any atom is 0.0557 e. The highest BCUT2D eigenvalue weighted by Crippen LogP contribution is 2.31. The molecule has 0 bridgehead atoms. The Kier molecular flexibility index (Phi) is 3.37. The van der Waals surface area contributed by atoms with Crippen LogP contribution in [-0.4, -0.2) is 19.5 Å². The molecular weight excluding hydrogens is 216 g/mol. The lowest BCUT2D eigenvalue weighted by molar-refractivity contribution is 0.00844. The topological polar surface area (TPSA) is 9.23 Å². The first-order valence-corrected chi connectivity index (χ1v) is 6.43. The Morgan fingerprint density at radius 1 is 1.50 bits per heavy atom. The van der Waals surface area contributed by atoms with Crippen LogP contribution in [-0.2, 0) is 10.5 Å². The van der Waals surface area contributed by atoms with E-state index in [1.165, 1.54) is 11.1 Å². The molecule has 0 aromatic heterocycles. The molecule has 0 aliphatic carbocycles. The quantitative estimate of drug-likeness (QED) is 0.785. The Morgan fingerprint density at radius 2 is 2.29 bits per heavy atom. The Hall–Kier alpha value is -0.180. The van der Waals surface area contributed by atoms with Crippen molar-refractivity contribution in [2.24, 2.45) is 0 Å². The van der Waals surface area contributed by atoms with Crippen molar-refractivity contribution in [1.82, 2.24) is 0 Å². The van der Waals surface area contributed by atoms with Crippen LogP contribution >= 0.6 is 23.4 Å². The van der Waals surface area contributed by atoms with Gasteiger partial charge in [0.25, 0.3) is 0 Å². The zero-order valence-electron chi connectivity index (χ0n) is 8.13. The molecule has 1 aromatic rings. The molecule has 2 rings (SSSR count). The summed E-state index contributed by atoms with van der Waals surface area (Å²) < 4.78 is 5.18. The molecule has 1 aliphatic heterocycles. The molecule has 0 unspecified atom stereocenters. The standard InChI is InChI=1S/C11H13ClOS/c1-14-7-8-2-3-11(12)10(4-8)9-5-13-6-9/h2-4,9H,5-7H2,1H3. The molecule has 14 heavy (non-hydrogen) atoms. The van der Waals surface area contributed by atoms with Gasteiger partial charge in [0.1, 0.15) is 0 Å². The van der Waals surface area contributed by atoms with Gasteiger partial charge in [-0.2, -0.15) is 11.8 Å². The minimum absolute atomic E-state index is 0.518. The molecule has 76 valence electrons. The van der Waals surface area contributed by atoms with E-state index in [4.69, 9.17) is 16.3 Å². The van der Waals surface area contributed by atoms with Crippen LogP contribution < -0.4 is 0 Å². The van der Waals surface area contributed by atoms with E-state index in [-0.39, 0.29) is 0 Å². The lowest BCUT2D eigenvalue weighted by Crippen LogP contribution is -2.25. The average Bonchev–Trinajstić information content (AvgIpc) is 2.08. The molecule has 1 heterocycles. The monoisotopic (exact) mass is 228 g/mol. The molecule has 0 spiro atoms. The van der Waals surface area contributed by atoms with Crippen LogP contribution in [0.15, 0.2) is 18.2 Å². The van der Waals surface area contributed by atoms with Gasteiger partial charge in [0.2, 0.25) is 0 Å². The second kappa shape index (κ2) is 4.56. The number of thioether (sulfide) groups is 1. The smallest absolute Gasteiger partial charge is 0.0557 e. The Labute approximate surface area is 93.8 Å². The maximum absolute atomic E-state index is 6.14. The first-order chi connectivity index (χ1) is 6.81. The van der Waals surface area contributed by atoms with Gasteiger partial charge < -0.3 is 4.74 Å². The van der Waals surface area contributed by atoms with Gasteiger partial charge in [-0.25, -0.2) is 0 Å². The summed E-state index contributed by atoms with van der Waals surface area (Å²) in [4.78, 5) is 0. The van der Waals surface area contributed by atoms with Crippen molar-refractivity contribution in [2.75, 3.05) is 19.5 Å². The van der Waals surface area contributed by atoms with E-state index in [2.05, 4.69) is 18.4 Å². The van der Waals surface area contributed by atoms with Gasteiger partial charge in [0, 0.05) is 16.7 Å². The summed E-state index contributed by atoms with van der Waals surface area (Å²) in [5.41, 5.74) is 2.60. The van der Waals surface area contributed by atoms with Crippen molar-refractivity contribution in [1.29, 1.82) is 0 Å². The summed E-state index contributed by atoms with van der Waals surface area (Å²) in [7, 11) is 0. The molecule has 1 fully saturated rings. The fourth-order valence-corrected chi connectivity index (χ4v) is 2.36. The molecule has 1 nitrogen and oxygen atoms in total. The second-order valence-electron chi connectivity index (χ2n) is 3.52. The normalized spacial score (nSPS) is 16.7. The van der Waals surface area contributed by atoms with Gasteiger partial charge in [-0.1, -0.05) is 23.7 Å². The van der Waals surface area contributed by atoms with Crippen LogP contribution in [0.2, 0.25) is 5.02 Å². The highest BCUT2D eigenvalue weighted by molar-refractivity contribution is 7.97. The van der Waals surface area contributed by atoms with Gasteiger partial charge in [0.05, 0.1) is 13.2 Å². The molecule has 0 N–H and O–H groups in total. The largest absolute Gasteiger partial charge is 0.380 e. The van der Waals surface area contributed by atoms with E-state index in [0.717, 1.165) is 24.0 Å². The van der Waals surface area contributed by atoms with Crippen LogP contribution in [0, 0.1) is 0 Å². The van der Waals surface area contributed by atoms with Crippen molar-refractivity contribution in [3.05, 3.63) is 34.3 Å². The molecule has 0 amide bonds. The molecule has 0 saturated carbocycles. The summed E-state index contributed by atoms with van der Waals surface area (Å²) in [6.07, 6.45) is 2.11. The average molecular weight is 229 g/mol. The number of rotatable bonds is 3. The van der Waals surface area contributed by atoms with Crippen molar-refractivity contribution in [3.8, 4) is 0 Å². The van der Waals surface area contributed by atoms with E-state index in [0.29, 0.717) is 5.92 Å². The van der Waals surface area contributed by atoms with E-state index >= 15 is 0 Å². The molecular formula is C11H13ClOS. The van der Waals surface area contributed by atoms with Crippen molar-refractivity contribution >= 4 is 23.4 Å². The van der Waals surface area contributed by atoms with E-state index in [1.54, 1.807) is 0 Å². The summed E-state index contributed by atoms with van der Waals surface area (Å²) in [5, 5.41) is 0.878. The summed E-state index contributed by atoms with van der Waals surface area (Å²) in [5.74, 6) is 1.57. The third-order valence-electron chi connectivity index (χ3n) is 2.45. The van der Waals surface area contributed by atoms with Crippen molar-refractivity contribution < 1.29 is 4.74 Å². The first-order valence-electron chi connectivity index (χ1n) is 4.66. The molecule has 1 saturated heterocycles. The highest BCUT2D eigenvalue weighted by Gasteiger charge is 2.22. The number of benzene rings is 1. The lowest BCUT2D eigenvalue weighted by Gasteiger charge is -2.27. The van der Waals surface area contributed by atoms with Crippen LogP contribution in [0.25, 0.3) is 0 Å². The zero-order chi connectivity index (χ0) is 9.97. The van der Waals surface area contributed by atoms with E-state index < -0.39 is 0 Å². The third-order valence-corrected chi connectivity index (χ3v) is 3.42. The SMILES string of the molecule is CSCc1ccc(Cl)c(C2COC2)c1. The van der Waals surface area contributed by atoms with Crippen LogP contribution in [0.1, 0.15) is 17.0 Å². The fraction of sp³-hybridized carbons (Fsp3) is 0.455. The Morgan fingerprint density at radius 3 is 2.86 bits per heavy atom. The van der Waals surface area contributed by atoms with Gasteiger partial charge in [-0.15, -0.1) is 0 Å². The second-order valence-corrected chi connectivity index (χ2v) is 4.80. The lowest BCUT2D eigenvalue weighted by atomic mass is 9.96. The third kappa shape index (κ3) is 2.08. The van der Waals surface area contributed by atoms with Gasteiger partial charge in [-0.3, -0.25) is 0 Å². The minimum atomic E-state index is 0.518. The van der Waals surface area contributed by atoms with Crippen molar-refractivity contribution in [2.45, 2.75) is 11.7 Å². The Balaban J connectivity index is 2.22. The predicted molar refractivity (Wildman–Crippen MR) is 62.2 cm³/mol. The van der Waals surface area contributed by atoms with Gasteiger partial charge in [0.15, 0.2) is 0 Å². The summed E-state index contributed by atoms with van der Waals surface area (Å²) >= 11 is 7.97. The van der Waals surface area contributed by atoms with E-state index in [9.17, 15) is 0 Å². The summed E-state index contributed by atoms with van der Waals surface area (Å²) in [6.45, 7) is 1.64. The zero-order valence-corrected chi connectivity index (χ0v) is 9.70. The van der Waals surface area contributed by atoms with Gasteiger partial charge >= 0.3 is 0 Å².